The molecule has 0 atom stereocenters. The van der Waals surface area contributed by atoms with Crippen molar-refractivity contribution in [1.82, 2.24) is 10.6 Å². The van der Waals surface area contributed by atoms with Crippen LogP contribution in [0.3, 0.4) is 0 Å². The summed E-state index contributed by atoms with van der Waals surface area (Å²) in [5, 5.41) is 5.22. The van der Waals surface area contributed by atoms with Gasteiger partial charge in [0.15, 0.2) is 6.29 Å². The first kappa shape index (κ1) is 17.4. The third-order valence-corrected chi connectivity index (χ3v) is 2.05. The number of amides is 2. The van der Waals surface area contributed by atoms with Crippen LogP contribution in [0.15, 0.2) is 0 Å². The molecule has 19 heavy (non-hydrogen) atoms. The molecule has 0 saturated heterocycles. The van der Waals surface area contributed by atoms with E-state index in [1.807, 2.05) is 0 Å². The van der Waals surface area contributed by atoms with Gasteiger partial charge in [-0.1, -0.05) is 0 Å². The summed E-state index contributed by atoms with van der Waals surface area (Å²) in [4.78, 5) is 32.5. The van der Waals surface area contributed by atoms with Gasteiger partial charge in [0, 0.05) is 25.9 Å². The Balaban J connectivity index is 3.47. The molecule has 6 nitrogen and oxygen atoms in total. The summed E-state index contributed by atoms with van der Waals surface area (Å²) in [5.41, 5.74) is -0.500. The third-order valence-electron chi connectivity index (χ3n) is 2.05. The van der Waals surface area contributed by atoms with E-state index in [1.165, 1.54) is 0 Å². The maximum Gasteiger partial charge on any atom is 0.407 e. The smallest absolute Gasteiger partial charge is 0.407 e. The lowest BCUT2D eigenvalue weighted by molar-refractivity contribution is -0.121. The fourth-order valence-electron chi connectivity index (χ4n) is 1.26. The van der Waals surface area contributed by atoms with Crippen LogP contribution in [-0.2, 0) is 14.3 Å². The number of carbonyl (C=O) groups is 2. The summed E-state index contributed by atoms with van der Waals surface area (Å²) in [6, 6.07) is 0. The summed E-state index contributed by atoms with van der Waals surface area (Å²) in [6.45, 7) is 6.21. The molecule has 0 bridgehead atoms. The van der Waals surface area contributed by atoms with Crippen molar-refractivity contribution < 1.29 is 19.1 Å². The first-order valence-electron chi connectivity index (χ1n) is 6.43. The minimum atomic E-state index is -0.500. The first-order valence-corrected chi connectivity index (χ1v) is 6.43. The van der Waals surface area contributed by atoms with E-state index < -0.39 is 11.7 Å². The predicted molar refractivity (Wildman–Crippen MR) is 71.4 cm³/mol. The van der Waals surface area contributed by atoms with Gasteiger partial charge < -0.3 is 15.4 Å². The van der Waals surface area contributed by atoms with Gasteiger partial charge >= 0.3 is 6.09 Å². The number of nitrogens with one attached hydrogen (secondary N) is 2. The van der Waals surface area contributed by atoms with Gasteiger partial charge in [-0.25, -0.2) is 4.79 Å². The van der Waals surface area contributed by atoms with Crippen molar-refractivity contribution in [3.63, 3.8) is 0 Å². The highest BCUT2D eigenvalue weighted by atomic mass is 16.6. The molecule has 0 aromatic heterocycles. The van der Waals surface area contributed by atoms with Crippen molar-refractivity contribution in [2.45, 2.75) is 52.1 Å². The Kier molecular flexibility index (Phi) is 8.57. The zero-order valence-electron chi connectivity index (χ0n) is 11.9. The van der Waals surface area contributed by atoms with E-state index in [0.717, 1.165) is 0 Å². The minimum absolute atomic E-state index is 0.0903. The predicted octanol–water partition coefficient (Wildman–Crippen LogP) is 1.30. The highest BCUT2D eigenvalue weighted by molar-refractivity contribution is 5.76. The lowest BCUT2D eigenvalue weighted by Crippen LogP contribution is -2.33. The average Bonchev–Trinajstić information content (AvgIpc) is 2.26. The van der Waals surface area contributed by atoms with Crippen LogP contribution in [0.1, 0.15) is 46.5 Å². The average molecular weight is 271 g/mol. The number of unbranched alkanes of at least 4 members (excludes halogenated alkanes) is 1. The second kappa shape index (κ2) is 9.35. The Morgan fingerprint density at radius 1 is 1.11 bits per heavy atom. The minimum Gasteiger partial charge on any atom is -0.444 e. The molecule has 0 fully saturated rings. The lowest BCUT2D eigenvalue weighted by Gasteiger charge is -2.19. The number of rotatable bonds is 8. The second-order valence-electron chi connectivity index (χ2n) is 5.13. The molecule has 0 unspecified atom stereocenters. The van der Waals surface area contributed by atoms with Crippen LogP contribution in [0.25, 0.3) is 0 Å². The monoisotopic (exact) mass is 271 g/mol. The highest BCUT2D eigenvalue weighted by Gasteiger charge is 2.15. The normalized spacial score (nSPS) is 10.7. The fraction of sp³-hybridized carbons (Fsp3) is 0.769. The summed E-state index contributed by atoms with van der Waals surface area (Å²) in [7, 11) is 0. The molecule has 2 amide bonds. The molecule has 0 aliphatic rings. The van der Waals surface area contributed by atoms with E-state index in [1.54, 1.807) is 27.1 Å². The zero-order valence-corrected chi connectivity index (χ0v) is 11.9. The molecule has 0 saturated carbocycles. The van der Waals surface area contributed by atoms with E-state index in [0.29, 0.717) is 32.4 Å². The number of hydrogen-bond donors (Lipinski definition) is 2. The van der Waals surface area contributed by atoms with Gasteiger partial charge in [-0.05, 0) is 33.6 Å². The van der Waals surface area contributed by atoms with Gasteiger partial charge in [0.25, 0.3) is 0 Å². The van der Waals surface area contributed by atoms with Gasteiger partial charge in [-0.15, -0.1) is 0 Å². The van der Waals surface area contributed by atoms with Crippen LogP contribution in [0.5, 0.6) is 0 Å². The Morgan fingerprint density at radius 3 is 2.37 bits per heavy atom. The van der Waals surface area contributed by atoms with Crippen LogP contribution in [0.2, 0.25) is 0 Å². The Labute approximate surface area is 114 Å². The van der Waals surface area contributed by atoms with Crippen molar-refractivity contribution in [2.75, 3.05) is 13.1 Å². The van der Waals surface area contributed by atoms with Gasteiger partial charge in [-0.3, -0.25) is 9.59 Å². The van der Waals surface area contributed by atoms with Crippen molar-refractivity contribution in [2.24, 2.45) is 0 Å². The molecule has 0 aliphatic heterocycles. The summed E-state index contributed by atoms with van der Waals surface area (Å²) in [6.07, 6.45) is 3.23. The maximum absolute atomic E-state index is 11.3. The van der Waals surface area contributed by atoms with Crippen molar-refractivity contribution >= 4 is 18.3 Å². The third kappa shape index (κ3) is 12.7. The van der Waals surface area contributed by atoms with Crippen LogP contribution in [0.4, 0.5) is 4.79 Å². The molecule has 0 aromatic carbocycles. The number of carbonyl (C=O) groups excluding carboxylic acids is 3. The second-order valence-corrected chi connectivity index (χ2v) is 5.13. The quantitative estimate of drug-likeness (QED) is 0.652. The Morgan fingerprint density at radius 2 is 1.79 bits per heavy atom. The van der Waals surface area contributed by atoms with Crippen molar-refractivity contribution in [3.05, 3.63) is 0 Å². The highest BCUT2D eigenvalue weighted by Crippen LogP contribution is 2.06. The van der Waals surface area contributed by atoms with Gasteiger partial charge in [0.1, 0.15) is 5.60 Å². The Hall–Kier alpha value is -1.59. The van der Waals surface area contributed by atoms with Crippen molar-refractivity contribution in [1.29, 1.82) is 0 Å². The van der Waals surface area contributed by atoms with Crippen LogP contribution in [0, 0.1) is 0 Å². The fourth-order valence-corrected chi connectivity index (χ4v) is 1.26. The molecule has 0 spiro atoms. The van der Waals surface area contributed by atoms with E-state index in [4.69, 9.17) is 4.74 Å². The van der Waals surface area contributed by atoms with Gasteiger partial charge in [0.05, 0.1) is 0 Å². The van der Waals surface area contributed by atoms with E-state index in [2.05, 4.69) is 10.6 Å². The summed E-state index contributed by atoms with van der Waals surface area (Å²) >= 11 is 0. The molecular weight excluding hydrogens is 248 g/mol. The first-order chi connectivity index (χ1) is 8.85. The number of hydrogen-bond acceptors (Lipinski definition) is 4. The van der Waals surface area contributed by atoms with E-state index in [9.17, 15) is 14.4 Å². The molecule has 0 rings (SSSR count). The summed E-state index contributed by atoms with van der Waals surface area (Å²) in [5.74, 6) is -0.0903. The molecule has 1 radical (unpaired) electrons. The molecule has 0 aromatic rings. The topological polar surface area (TPSA) is 84.5 Å². The van der Waals surface area contributed by atoms with E-state index >= 15 is 0 Å². The standard InChI is InChI=1S/C13H23N2O4/c1-13(2,3)19-12(18)15-8-5-4-7-11(17)14-9-6-10-16/h4-9H2,1-3H3,(H,14,17)(H,15,18). The maximum atomic E-state index is 11.3. The molecule has 2 N–H and O–H groups in total. The molecule has 6 heteroatoms. The summed E-state index contributed by atoms with van der Waals surface area (Å²) < 4.78 is 5.06. The molecule has 109 valence electrons. The molecular formula is C13H23N2O4. The lowest BCUT2D eigenvalue weighted by atomic mass is 10.2. The molecule has 0 heterocycles. The van der Waals surface area contributed by atoms with Crippen LogP contribution >= 0.6 is 0 Å². The molecule has 0 aliphatic carbocycles. The largest absolute Gasteiger partial charge is 0.444 e. The van der Waals surface area contributed by atoms with Gasteiger partial charge in [-0.2, -0.15) is 0 Å². The van der Waals surface area contributed by atoms with Crippen molar-refractivity contribution in [3.8, 4) is 0 Å². The SMILES string of the molecule is CC(C)(C)OC(=O)NCCCCC(=O)NCC[C]=O. The van der Waals surface area contributed by atoms with Crippen LogP contribution in [-0.4, -0.2) is 37.0 Å². The number of ether oxygens (including phenoxy) is 1. The van der Waals surface area contributed by atoms with Gasteiger partial charge in [0.2, 0.25) is 5.91 Å². The van der Waals surface area contributed by atoms with Crippen LogP contribution < -0.4 is 10.6 Å². The van der Waals surface area contributed by atoms with E-state index in [-0.39, 0.29) is 12.3 Å². The zero-order chi connectivity index (χ0) is 14.7. The number of alkyl carbamates (subject to hydrolysis) is 1. The Bertz CT molecular complexity index is 298.